The van der Waals surface area contributed by atoms with Crippen LogP contribution in [0.3, 0.4) is 0 Å². The lowest BCUT2D eigenvalue weighted by Gasteiger charge is -2.40. The fourth-order valence-electron chi connectivity index (χ4n) is 13.4. The number of aliphatic imine (C=N–C) groups is 3. The highest BCUT2D eigenvalue weighted by Gasteiger charge is 2.37. The molecule has 0 amide bonds. The van der Waals surface area contributed by atoms with E-state index in [0.717, 1.165) is 69.6 Å². The van der Waals surface area contributed by atoms with Crippen LogP contribution in [0.5, 0.6) is 0 Å². The van der Waals surface area contributed by atoms with Crippen molar-refractivity contribution in [2.24, 2.45) is 62.3 Å². The summed E-state index contributed by atoms with van der Waals surface area (Å²) in [4.78, 5) is 16.4. The van der Waals surface area contributed by atoms with Gasteiger partial charge < -0.3 is 10.6 Å². The van der Waals surface area contributed by atoms with Crippen LogP contribution in [-0.2, 0) is 0 Å². The molecule has 1 saturated carbocycles. The van der Waals surface area contributed by atoms with Gasteiger partial charge in [-0.3, -0.25) is 4.99 Å². The number of nitrogens with one attached hydrogen (secondary N) is 2. The molecule has 5 heteroatoms. The smallest absolute Gasteiger partial charge is 0.146 e. The van der Waals surface area contributed by atoms with E-state index in [-0.39, 0.29) is 12.3 Å². The van der Waals surface area contributed by atoms with Crippen molar-refractivity contribution in [3.63, 3.8) is 0 Å². The van der Waals surface area contributed by atoms with E-state index >= 15 is 0 Å². The summed E-state index contributed by atoms with van der Waals surface area (Å²) in [7, 11) is 0. The standard InChI is InChI=1S/C63H75N5/c1-43-34-35-55(59-37-36-58(64-60(65-59)45-20-8-3-9-21-45)54-32-16-26-48(40-54)44-18-6-2-7-19-44)42-57(43)53-31-15-29-51(39-53)49-27-14-28-50(38-49)52-30-17-33-56(41-52)63-67-61(46-22-10-4-11-23-46)66-62(68-63)47-24-12-5-13-25-47/h2,4-8,10,12,16-21,26,30-33,36,40,42-43,46-47,49-51,56-57,60-61,64H,3,9,11,13-15,22-25,27-29,34-35,37-39,41H2,1H3,(H,66,67,68). The Morgan fingerprint density at radius 1 is 0.632 bits per heavy atom. The van der Waals surface area contributed by atoms with Crippen LogP contribution in [0, 0.1) is 47.3 Å². The number of rotatable bonds is 10. The predicted octanol–water partition coefficient (Wildman–Crippen LogP) is 15.2. The molecule has 0 radical (unpaired) electrons. The Kier molecular flexibility index (Phi) is 14.0. The van der Waals surface area contributed by atoms with E-state index in [9.17, 15) is 0 Å². The van der Waals surface area contributed by atoms with Crippen LogP contribution >= 0.6 is 0 Å². The van der Waals surface area contributed by atoms with Crippen molar-refractivity contribution < 1.29 is 0 Å². The van der Waals surface area contributed by atoms with E-state index in [2.05, 4.69) is 151 Å². The molecule has 2 aliphatic heterocycles. The summed E-state index contributed by atoms with van der Waals surface area (Å²) in [5, 5.41) is 7.82. The third-order valence-electron chi connectivity index (χ3n) is 17.4. The van der Waals surface area contributed by atoms with Crippen LogP contribution in [0.15, 0.2) is 171 Å². The van der Waals surface area contributed by atoms with Gasteiger partial charge in [0.2, 0.25) is 0 Å². The molecule has 7 aliphatic carbocycles. The summed E-state index contributed by atoms with van der Waals surface area (Å²) >= 11 is 0. The molecule has 10 atom stereocenters. The zero-order valence-electron chi connectivity index (χ0n) is 40.8. The van der Waals surface area contributed by atoms with Crippen LogP contribution in [0.4, 0.5) is 0 Å². The summed E-state index contributed by atoms with van der Waals surface area (Å²) in [5.41, 5.74) is 12.3. The van der Waals surface area contributed by atoms with Gasteiger partial charge in [-0.15, -0.1) is 0 Å². The number of allylic oxidation sites excluding steroid dienone is 14. The number of hydrogen-bond donors (Lipinski definition) is 2. The first kappa shape index (κ1) is 45.2. The Bertz CT molecular complexity index is 2530. The van der Waals surface area contributed by atoms with Crippen LogP contribution in [0.25, 0.3) is 16.8 Å². The van der Waals surface area contributed by atoms with Gasteiger partial charge in [0, 0.05) is 41.5 Å². The quantitative estimate of drug-likeness (QED) is 0.233. The molecule has 11 rings (SSSR count). The first-order chi connectivity index (χ1) is 33.6. The first-order valence-corrected chi connectivity index (χ1v) is 27.1. The normalized spacial score (nSPS) is 33.0. The van der Waals surface area contributed by atoms with Gasteiger partial charge in [0.05, 0.1) is 0 Å². The zero-order chi connectivity index (χ0) is 45.7. The lowest BCUT2D eigenvalue weighted by Crippen LogP contribution is -2.45. The maximum Gasteiger partial charge on any atom is 0.146 e. The average molecular weight is 902 g/mol. The molecule has 5 nitrogen and oxygen atoms in total. The van der Waals surface area contributed by atoms with Gasteiger partial charge in [-0.2, -0.15) is 0 Å². The van der Waals surface area contributed by atoms with Gasteiger partial charge >= 0.3 is 0 Å². The molecule has 2 aromatic rings. The lowest BCUT2D eigenvalue weighted by molar-refractivity contribution is 0.190. The number of benzene rings is 2. The van der Waals surface area contributed by atoms with Gasteiger partial charge in [-0.1, -0.05) is 158 Å². The lowest BCUT2D eigenvalue weighted by atomic mass is 9.65. The predicted molar refractivity (Wildman–Crippen MR) is 286 cm³/mol. The van der Waals surface area contributed by atoms with E-state index in [1.165, 1.54) is 115 Å². The summed E-state index contributed by atoms with van der Waals surface area (Å²) in [6.07, 6.45) is 54.1. The Morgan fingerprint density at radius 2 is 1.49 bits per heavy atom. The van der Waals surface area contributed by atoms with Crippen molar-refractivity contribution in [1.29, 1.82) is 0 Å². The van der Waals surface area contributed by atoms with E-state index in [1.807, 2.05) is 0 Å². The summed E-state index contributed by atoms with van der Waals surface area (Å²) in [6, 6.07) is 19.8. The van der Waals surface area contributed by atoms with Gasteiger partial charge in [-0.25, -0.2) is 9.98 Å². The van der Waals surface area contributed by atoms with Crippen molar-refractivity contribution in [2.45, 2.75) is 141 Å². The molecule has 0 saturated heterocycles. The molecule has 0 aromatic heterocycles. The molecule has 2 aromatic carbocycles. The second kappa shape index (κ2) is 21.1. The largest absolute Gasteiger partial charge is 0.360 e. The molecule has 2 heterocycles. The second-order valence-corrected chi connectivity index (χ2v) is 21.8. The average Bonchev–Trinajstić information content (AvgIpc) is 3.66. The zero-order valence-corrected chi connectivity index (χ0v) is 40.8. The number of hydrogen-bond acceptors (Lipinski definition) is 5. The van der Waals surface area contributed by atoms with Crippen LogP contribution in [-0.4, -0.2) is 29.7 Å². The maximum absolute atomic E-state index is 5.62. The van der Waals surface area contributed by atoms with E-state index in [1.54, 1.807) is 11.1 Å². The topological polar surface area (TPSA) is 61.1 Å². The maximum atomic E-state index is 5.62. The number of nitrogens with zero attached hydrogens (tertiary/aromatic N) is 3. The molecule has 2 N–H and O–H groups in total. The van der Waals surface area contributed by atoms with Crippen molar-refractivity contribution >= 4 is 23.1 Å². The highest BCUT2D eigenvalue weighted by molar-refractivity contribution is 6.05. The van der Waals surface area contributed by atoms with Crippen molar-refractivity contribution in [2.75, 3.05) is 0 Å². The fourth-order valence-corrected chi connectivity index (χ4v) is 13.4. The fraction of sp³-hybridized carbons (Fsp3) is 0.476. The van der Waals surface area contributed by atoms with Crippen LogP contribution in [0.2, 0.25) is 0 Å². The molecule has 352 valence electrons. The Morgan fingerprint density at radius 3 is 2.34 bits per heavy atom. The van der Waals surface area contributed by atoms with Gasteiger partial charge in [0.1, 0.15) is 24.0 Å². The van der Waals surface area contributed by atoms with Crippen molar-refractivity contribution in [3.05, 3.63) is 161 Å². The SMILES string of the molecule is CC1CCC(C2=NC(C3=CCCC=C3)NC(c3cccc(-c4ccccc4)c3)=CC2)=CC1C1=CCCC(C2CCCC(C3=CC=CC(C4=NC(C5CC=CCC5)N=C(C5CC=CCC5)N4)C3)C2)C1. The van der Waals surface area contributed by atoms with Gasteiger partial charge in [-0.05, 0) is 160 Å². The molecule has 9 aliphatic rings. The summed E-state index contributed by atoms with van der Waals surface area (Å²) in [5.74, 6) is 7.12. The Labute approximate surface area is 408 Å². The minimum atomic E-state index is -0.0921. The Hall–Kier alpha value is -5.29. The Balaban J connectivity index is 0.776. The molecule has 0 bridgehead atoms. The van der Waals surface area contributed by atoms with Crippen LogP contribution in [0.1, 0.15) is 134 Å². The van der Waals surface area contributed by atoms with Crippen molar-refractivity contribution in [1.82, 2.24) is 10.6 Å². The minimum Gasteiger partial charge on any atom is -0.360 e. The van der Waals surface area contributed by atoms with Crippen LogP contribution < -0.4 is 10.6 Å². The molecular weight excluding hydrogens is 827 g/mol. The van der Waals surface area contributed by atoms with E-state index in [0.29, 0.717) is 35.5 Å². The molecule has 1 fully saturated rings. The molecule has 68 heavy (non-hydrogen) atoms. The summed E-state index contributed by atoms with van der Waals surface area (Å²) < 4.78 is 0. The van der Waals surface area contributed by atoms with Gasteiger partial charge in [0.15, 0.2) is 0 Å². The van der Waals surface area contributed by atoms with E-state index < -0.39 is 0 Å². The highest BCUT2D eigenvalue weighted by atomic mass is 15.2. The highest BCUT2D eigenvalue weighted by Crippen LogP contribution is 2.47. The minimum absolute atomic E-state index is 0.0505. The third kappa shape index (κ3) is 10.3. The summed E-state index contributed by atoms with van der Waals surface area (Å²) in [6.45, 7) is 2.52. The molecule has 10 unspecified atom stereocenters. The van der Waals surface area contributed by atoms with Gasteiger partial charge in [0.25, 0.3) is 0 Å². The first-order valence-electron chi connectivity index (χ1n) is 27.1. The third-order valence-corrected chi connectivity index (χ3v) is 17.4. The van der Waals surface area contributed by atoms with E-state index in [4.69, 9.17) is 15.0 Å². The second-order valence-electron chi connectivity index (χ2n) is 21.8. The van der Waals surface area contributed by atoms with Crippen molar-refractivity contribution in [3.8, 4) is 11.1 Å². The monoisotopic (exact) mass is 902 g/mol. The molecular formula is C63H75N5. The number of amidine groups is 2. The molecule has 0 spiro atoms.